The Bertz CT molecular complexity index is 2470. The Morgan fingerprint density at radius 3 is 1.63 bits per heavy atom. The van der Waals surface area contributed by atoms with Gasteiger partial charge in [-0.05, 0) is 56.0 Å². The first kappa shape index (κ1) is 35.6. The lowest BCUT2D eigenvalue weighted by Crippen LogP contribution is -2.16. The van der Waals surface area contributed by atoms with Crippen molar-refractivity contribution in [3.05, 3.63) is 131 Å². The summed E-state index contributed by atoms with van der Waals surface area (Å²) in [6.45, 7) is 14.8. The fourth-order valence-corrected chi connectivity index (χ4v) is 9.64. The van der Waals surface area contributed by atoms with Crippen molar-refractivity contribution < 1.29 is 18.9 Å². The first-order valence-electron chi connectivity index (χ1n) is 18.6. The van der Waals surface area contributed by atoms with Crippen molar-refractivity contribution in [3.8, 4) is 23.0 Å². The Kier molecular flexibility index (Phi) is 10.5. The number of thiophene rings is 2. The summed E-state index contributed by atoms with van der Waals surface area (Å²) in [7, 11) is 0. The number of benzene rings is 4. The van der Waals surface area contributed by atoms with Crippen molar-refractivity contribution in [2.75, 3.05) is 26.4 Å². The molecule has 4 aromatic carbocycles. The number of hydrogen-bond donors (Lipinski definition) is 0. The van der Waals surface area contributed by atoms with E-state index in [9.17, 15) is 0 Å². The van der Waals surface area contributed by atoms with E-state index in [0.717, 1.165) is 40.7 Å². The molecule has 2 atom stereocenters. The van der Waals surface area contributed by atoms with Crippen LogP contribution < -0.4 is 18.9 Å². The van der Waals surface area contributed by atoms with Gasteiger partial charge in [0.15, 0.2) is 23.0 Å². The van der Waals surface area contributed by atoms with Crippen LogP contribution in [0.1, 0.15) is 48.4 Å². The second kappa shape index (κ2) is 15.9. The number of rotatable bonds is 7. The first-order valence-corrected chi connectivity index (χ1v) is 20.3. The van der Waals surface area contributed by atoms with Crippen LogP contribution in [0.2, 0.25) is 0 Å². The van der Waals surface area contributed by atoms with Gasteiger partial charge in [-0.1, -0.05) is 92.9 Å². The van der Waals surface area contributed by atoms with E-state index in [1.165, 1.54) is 48.5 Å². The van der Waals surface area contributed by atoms with E-state index >= 15 is 0 Å². The Balaban J connectivity index is 0.000000132. The van der Waals surface area contributed by atoms with Crippen LogP contribution in [0.15, 0.2) is 121 Å². The highest BCUT2D eigenvalue weighted by molar-refractivity contribution is 7.11. The molecule has 0 bridgehead atoms. The van der Waals surface area contributed by atoms with Crippen LogP contribution in [0.3, 0.4) is 0 Å². The van der Waals surface area contributed by atoms with E-state index in [1.54, 1.807) is 28.7 Å². The van der Waals surface area contributed by atoms with Gasteiger partial charge < -0.3 is 28.1 Å². The van der Waals surface area contributed by atoms with Gasteiger partial charge in [-0.2, -0.15) is 0 Å². The lowest BCUT2D eigenvalue weighted by atomic mass is 9.95. The fraction of sp³-hybridized carbons (Fsp3) is 0.217. The predicted octanol–water partition coefficient (Wildman–Crippen LogP) is 12.8. The molecule has 274 valence electrons. The summed E-state index contributed by atoms with van der Waals surface area (Å²) in [5, 5.41) is 9.30. The van der Waals surface area contributed by atoms with Gasteiger partial charge in [-0.25, -0.2) is 0 Å². The molecular weight excluding hydrogens is 709 g/mol. The summed E-state index contributed by atoms with van der Waals surface area (Å²) < 4.78 is 27.1. The van der Waals surface area contributed by atoms with Gasteiger partial charge in [-0.15, -0.1) is 22.7 Å². The standard InChI is InChI=1S/C24H25NO2S.C14H11N.C8H8O2S/c1-3-17(24-23-22(15-28-24)26-12-13-27-23)14-16(2)25-20-10-6-4-8-18(20)19-9-5-7-11-21(19)25;1-2-15-13-9-5-3-7-11(13)12-8-4-6-10-14(12)15;1-2-7-8-6(5-11-7)9-3-4-10-8/h4-11,15-17H,3,12-14H2,1-2H3;2-10H,1H2;2,5H,1,3-4H2. The summed E-state index contributed by atoms with van der Waals surface area (Å²) in [4.78, 5) is 2.39. The van der Waals surface area contributed by atoms with E-state index in [1.807, 2.05) is 11.6 Å². The molecule has 0 saturated heterocycles. The Hall–Kier alpha value is -5.44. The first-order chi connectivity index (χ1) is 26.6. The number of para-hydroxylation sites is 4. The molecule has 8 aromatic rings. The van der Waals surface area contributed by atoms with E-state index in [0.29, 0.717) is 38.4 Å². The fourth-order valence-electron chi connectivity index (χ4n) is 7.74. The third-order valence-corrected chi connectivity index (χ3v) is 12.2. The molecule has 4 aromatic heterocycles. The molecule has 6 heterocycles. The average Bonchev–Trinajstić information content (AvgIpc) is 4.01. The van der Waals surface area contributed by atoms with Crippen LogP contribution in [0, 0.1) is 0 Å². The van der Waals surface area contributed by atoms with Gasteiger partial charge in [0.05, 0.1) is 20.8 Å². The minimum absolute atomic E-state index is 0.386. The summed E-state index contributed by atoms with van der Waals surface area (Å²) in [6.07, 6.45) is 5.83. The maximum Gasteiger partial charge on any atom is 0.179 e. The molecule has 8 heteroatoms. The second-order valence-electron chi connectivity index (χ2n) is 13.4. The van der Waals surface area contributed by atoms with Gasteiger partial charge in [0.25, 0.3) is 0 Å². The average molecular weight is 753 g/mol. The summed E-state index contributed by atoms with van der Waals surface area (Å²) in [6, 6.07) is 34.7. The Labute approximate surface area is 324 Å². The van der Waals surface area contributed by atoms with Crippen molar-refractivity contribution in [1.29, 1.82) is 0 Å². The number of fused-ring (bicyclic) bond motifs is 8. The van der Waals surface area contributed by atoms with E-state index in [4.69, 9.17) is 18.9 Å². The lowest BCUT2D eigenvalue weighted by molar-refractivity contribution is 0.171. The zero-order valence-electron chi connectivity index (χ0n) is 30.7. The highest BCUT2D eigenvalue weighted by Gasteiger charge is 2.26. The van der Waals surface area contributed by atoms with Crippen molar-refractivity contribution in [3.63, 3.8) is 0 Å². The van der Waals surface area contributed by atoms with Crippen LogP contribution >= 0.6 is 22.7 Å². The highest BCUT2D eigenvalue weighted by Crippen LogP contribution is 2.47. The molecule has 0 fully saturated rings. The Morgan fingerprint density at radius 2 is 1.09 bits per heavy atom. The second-order valence-corrected chi connectivity index (χ2v) is 15.2. The van der Waals surface area contributed by atoms with Crippen molar-refractivity contribution in [2.24, 2.45) is 0 Å². The predicted molar refractivity (Wildman–Crippen MR) is 228 cm³/mol. The summed E-state index contributed by atoms with van der Waals surface area (Å²) >= 11 is 3.38. The molecule has 0 amide bonds. The smallest absolute Gasteiger partial charge is 0.179 e. The molecule has 2 aliphatic heterocycles. The minimum Gasteiger partial charge on any atom is -0.485 e. The monoisotopic (exact) mass is 752 g/mol. The van der Waals surface area contributed by atoms with E-state index < -0.39 is 0 Å². The maximum atomic E-state index is 5.97. The number of hydrogen-bond acceptors (Lipinski definition) is 6. The molecule has 0 spiro atoms. The largest absolute Gasteiger partial charge is 0.485 e. The molecule has 0 saturated carbocycles. The maximum absolute atomic E-state index is 5.97. The molecule has 2 unspecified atom stereocenters. The zero-order chi connectivity index (χ0) is 37.0. The molecule has 0 radical (unpaired) electrons. The SMILES string of the molecule is C=Cc1scc2c1OCCO2.C=Cn1c2ccccc2c2ccccc21.CCC(CC(C)n1c2ccccc2c2ccccc21)c1scc2c1OCCO2. The van der Waals surface area contributed by atoms with Gasteiger partial charge in [-0.3, -0.25) is 0 Å². The summed E-state index contributed by atoms with van der Waals surface area (Å²) in [5.41, 5.74) is 5.07. The molecule has 6 nitrogen and oxygen atoms in total. The number of ether oxygens (including phenoxy) is 4. The molecule has 0 N–H and O–H groups in total. The summed E-state index contributed by atoms with van der Waals surface area (Å²) in [5.74, 6) is 4.09. The Morgan fingerprint density at radius 1 is 0.630 bits per heavy atom. The minimum atomic E-state index is 0.386. The van der Waals surface area contributed by atoms with Crippen LogP contribution in [-0.4, -0.2) is 35.6 Å². The molecular formula is C46H44N2O4S2. The molecule has 0 aliphatic carbocycles. The van der Waals surface area contributed by atoms with Gasteiger partial charge in [0.1, 0.15) is 26.4 Å². The van der Waals surface area contributed by atoms with Crippen LogP contribution in [0.4, 0.5) is 0 Å². The quantitative estimate of drug-likeness (QED) is 0.163. The molecule has 2 aliphatic rings. The highest BCUT2D eigenvalue weighted by atomic mass is 32.1. The van der Waals surface area contributed by atoms with Crippen LogP contribution in [-0.2, 0) is 0 Å². The zero-order valence-corrected chi connectivity index (χ0v) is 32.3. The van der Waals surface area contributed by atoms with E-state index in [-0.39, 0.29) is 0 Å². The van der Waals surface area contributed by atoms with Gasteiger partial charge >= 0.3 is 0 Å². The molecule has 54 heavy (non-hydrogen) atoms. The van der Waals surface area contributed by atoms with E-state index in [2.05, 4.69) is 139 Å². The topological polar surface area (TPSA) is 46.8 Å². The van der Waals surface area contributed by atoms with Crippen molar-refractivity contribution in [2.45, 2.75) is 38.6 Å². The van der Waals surface area contributed by atoms with Crippen molar-refractivity contribution >= 4 is 78.6 Å². The van der Waals surface area contributed by atoms with Crippen LogP contribution in [0.25, 0.3) is 55.9 Å². The third kappa shape index (κ3) is 6.65. The number of nitrogens with zero attached hydrogens (tertiary/aromatic N) is 2. The van der Waals surface area contributed by atoms with Crippen LogP contribution in [0.5, 0.6) is 23.0 Å². The lowest BCUT2D eigenvalue weighted by Gasteiger charge is -2.24. The van der Waals surface area contributed by atoms with Gasteiger partial charge in [0.2, 0.25) is 0 Å². The molecule has 10 rings (SSSR count). The van der Waals surface area contributed by atoms with Crippen molar-refractivity contribution in [1.82, 2.24) is 9.13 Å². The number of aromatic nitrogens is 2. The third-order valence-electron chi connectivity index (χ3n) is 10.2. The normalized spacial score (nSPS) is 14.2. The van der Waals surface area contributed by atoms with Gasteiger partial charge in [0, 0.05) is 55.6 Å².